The maximum absolute atomic E-state index is 11.9. The number of fused-ring (bicyclic) bond motifs is 2. The molecule has 8 nitrogen and oxygen atoms in total. The van der Waals surface area contributed by atoms with Crippen molar-refractivity contribution in [2.75, 3.05) is 5.32 Å². The lowest BCUT2D eigenvalue weighted by Crippen LogP contribution is -2.17. The van der Waals surface area contributed by atoms with Crippen LogP contribution >= 0.6 is 0 Å². The fourth-order valence-electron chi connectivity index (χ4n) is 4.18. The predicted octanol–water partition coefficient (Wildman–Crippen LogP) is 4.28. The maximum atomic E-state index is 11.9. The molecule has 0 saturated carbocycles. The number of hydrogen-bond acceptors (Lipinski definition) is 7. The van der Waals surface area contributed by atoms with Gasteiger partial charge in [-0.25, -0.2) is 9.97 Å². The zero-order valence-electron chi connectivity index (χ0n) is 18.5. The van der Waals surface area contributed by atoms with Crippen LogP contribution in [0, 0.1) is 0 Å². The van der Waals surface area contributed by atoms with Crippen molar-refractivity contribution in [3.05, 3.63) is 96.5 Å². The lowest BCUT2D eigenvalue weighted by molar-refractivity contribution is -0.126. The molecule has 6 rings (SSSR count). The third-order valence-electron chi connectivity index (χ3n) is 5.93. The maximum Gasteiger partial charge on any atom is 0.215 e. The van der Waals surface area contributed by atoms with E-state index < -0.39 is 6.10 Å². The van der Waals surface area contributed by atoms with Crippen LogP contribution in [0.2, 0.25) is 0 Å². The van der Waals surface area contributed by atoms with Crippen LogP contribution in [0.4, 0.5) is 11.5 Å². The molecule has 0 saturated heterocycles. The van der Waals surface area contributed by atoms with Crippen LogP contribution in [-0.2, 0) is 20.9 Å². The van der Waals surface area contributed by atoms with Crippen LogP contribution in [0.5, 0.6) is 0 Å². The Kier molecular flexibility index (Phi) is 5.03. The van der Waals surface area contributed by atoms with Gasteiger partial charge in [0.25, 0.3) is 0 Å². The lowest BCUT2D eigenvalue weighted by atomic mass is 10.1. The summed E-state index contributed by atoms with van der Waals surface area (Å²) in [4.78, 5) is 31.7. The highest BCUT2D eigenvalue weighted by molar-refractivity contribution is 6.10. The molecule has 5 aromatic rings. The van der Waals surface area contributed by atoms with Gasteiger partial charge in [0.1, 0.15) is 17.9 Å². The number of aldehydes is 1. The van der Waals surface area contributed by atoms with Gasteiger partial charge in [0, 0.05) is 28.1 Å². The van der Waals surface area contributed by atoms with E-state index in [0.29, 0.717) is 30.0 Å². The molecule has 1 N–H and O–H groups in total. The Labute approximate surface area is 199 Å². The first-order chi connectivity index (χ1) is 17.2. The molecule has 0 aliphatic carbocycles. The molecule has 3 aromatic carbocycles. The van der Waals surface area contributed by atoms with E-state index in [1.165, 1.54) is 18.0 Å². The highest BCUT2D eigenvalue weighted by Gasteiger charge is 2.27. The van der Waals surface area contributed by atoms with Gasteiger partial charge < -0.3 is 10.1 Å². The van der Waals surface area contributed by atoms with Crippen LogP contribution in [0.15, 0.2) is 85.3 Å². The fraction of sp³-hybridized carbons (Fsp3) is 0.0741. The zero-order chi connectivity index (χ0) is 23.8. The first-order valence-corrected chi connectivity index (χ1v) is 11.1. The van der Waals surface area contributed by atoms with Gasteiger partial charge >= 0.3 is 0 Å². The molecular weight excluding hydrogens is 442 g/mol. The Morgan fingerprint density at radius 1 is 1.03 bits per heavy atom. The van der Waals surface area contributed by atoms with Crippen molar-refractivity contribution in [3.63, 3.8) is 0 Å². The van der Waals surface area contributed by atoms with Crippen molar-refractivity contribution in [2.24, 2.45) is 0 Å². The Morgan fingerprint density at radius 3 is 2.74 bits per heavy atom. The molecule has 0 spiro atoms. The molecule has 1 unspecified atom stereocenters. The third-order valence-corrected chi connectivity index (χ3v) is 5.93. The topological polar surface area (TPSA) is 99.0 Å². The number of nitrogens with one attached hydrogen (secondary N) is 1. The molecular formula is C27H19N5O3. The summed E-state index contributed by atoms with van der Waals surface area (Å²) in [6, 6.07) is 21.7. The van der Waals surface area contributed by atoms with Gasteiger partial charge in [0.05, 0.1) is 23.8 Å². The number of ether oxygens (including phenoxy) is 1. The van der Waals surface area contributed by atoms with Crippen LogP contribution in [-0.4, -0.2) is 37.9 Å². The summed E-state index contributed by atoms with van der Waals surface area (Å²) in [6.07, 6.45) is 4.11. The van der Waals surface area contributed by atoms with Gasteiger partial charge in [-0.05, 0) is 42.0 Å². The molecule has 3 heterocycles. The van der Waals surface area contributed by atoms with E-state index >= 15 is 0 Å². The summed E-state index contributed by atoms with van der Waals surface area (Å²) in [7, 11) is 0. The van der Waals surface area contributed by atoms with Crippen molar-refractivity contribution in [3.8, 4) is 0 Å². The summed E-state index contributed by atoms with van der Waals surface area (Å²) in [5, 5.41) is 9.70. The molecule has 170 valence electrons. The van der Waals surface area contributed by atoms with Gasteiger partial charge in [0.2, 0.25) is 11.9 Å². The normalized spacial score (nSPS) is 15.3. The largest absolute Gasteiger partial charge is 0.474 e. The van der Waals surface area contributed by atoms with E-state index in [9.17, 15) is 9.59 Å². The number of hydrogen-bond donors (Lipinski definition) is 1. The summed E-state index contributed by atoms with van der Waals surface area (Å²) in [6.45, 7) is 0.696. The molecule has 1 aliphatic heterocycles. The Bertz CT molecular complexity index is 1620. The van der Waals surface area contributed by atoms with Gasteiger partial charge in [-0.1, -0.05) is 30.3 Å². The molecule has 0 amide bonds. The zero-order valence-corrected chi connectivity index (χ0v) is 18.5. The third kappa shape index (κ3) is 3.91. The number of nitrogens with zero attached hydrogens (tertiary/aromatic N) is 4. The standard InChI is InChI=1S/C27H19N5O3/c33-15-26-24(34)12-25(35-26)18-6-8-22-21(11-18)27(29-16-28-22)31-20-7-9-23-19(10-20)13-30-32(23)14-17-4-2-1-3-5-17/h1-13,15-16,26H,14H2,(H,28,29,31). The Hall–Kier alpha value is -4.85. The number of carbonyl (C=O) groups is 2. The van der Waals surface area contributed by atoms with Crippen LogP contribution < -0.4 is 5.32 Å². The number of carbonyl (C=O) groups excluding carboxylic acids is 2. The second-order valence-electron chi connectivity index (χ2n) is 8.23. The molecule has 0 fully saturated rings. The minimum absolute atomic E-state index is 0.357. The van der Waals surface area contributed by atoms with Crippen molar-refractivity contribution in [1.82, 2.24) is 19.7 Å². The van der Waals surface area contributed by atoms with Crippen LogP contribution in [0.1, 0.15) is 11.1 Å². The highest BCUT2D eigenvalue weighted by atomic mass is 16.5. The number of rotatable bonds is 6. The van der Waals surface area contributed by atoms with Gasteiger partial charge in [0.15, 0.2) is 6.29 Å². The van der Waals surface area contributed by atoms with Gasteiger partial charge in [-0.3, -0.25) is 14.3 Å². The molecule has 0 radical (unpaired) electrons. The molecule has 8 heteroatoms. The first-order valence-electron chi connectivity index (χ1n) is 11.1. The van der Waals surface area contributed by atoms with Crippen molar-refractivity contribution in [2.45, 2.75) is 12.6 Å². The fourth-order valence-corrected chi connectivity index (χ4v) is 4.18. The SMILES string of the molecule is O=CC1OC(c2ccc3ncnc(Nc4ccc5c(cnn5Cc5ccccc5)c4)c3c2)=CC1=O. The summed E-state index contributed by atoms with van der Waals surface area (Å²) < 4.78 is 7.46. The van der Waals surface area contributed by atoms with Gasteiger partial charge in [-0.15, -0.1) is 0 Å². The van der Waals surface area contributed by atoms with Crippen molar-refractivity contribution < 1.29 is 14.3 Å². The summed E-state index contributed by atoms with van der Waals surface area (Å²) in [5.41, 5.74) is 4.49. The van der Waals surface area contributed by atoms with Crippen molar-refractivity contribution >= 4 is 51.1 Å². The first kappa shape index (κ1) is 20.7. The average molecular weight is 461 g/mol. The molecule has 35 heavy (non-hydrogen) atoms. The van der Waals surface area contributed by atoms with E-state index in [-0.39, 0.29) is 5.78 Å². The lowest BCUT2D eigenvalue weighted by Gasteiger charge is -2.11. The predicted molar refractivity (Wildman–Crippen MR) is 132 cm³/mol. The Balaban J connectivity index is 1.31. The number of aromatic nitrogens is 4. The molecule has 2 aromatic heterocycles. The summed E-state index contributed by atoms with van der Waals surface area (Å²) >= 11 is 0. The molecule has 1 atom stereocenters. The molecule has 1 aliphatic rings. The second-order valence-corrected chi connectivity index (χ2v) is 8.23. The van der Waals surface area contributed by atoms with E-state index in [0.717, 1.165) is 27.5 Å². The minimum Gasteiger partial charge on any atom is -0.474 e. The monoisotopic (exact) mass is 461 g/mol. The minimum atomic E-state index is -1.08. The molecule has 0 bridgehead atoms. The second kappa shape index (κ2) is 8.49. The van der Waals surface area contributed by atoms with Crippen LogP contribution in [0.3, 0.4) is 0 Å². The highest BCUT2D eigenvalue weighted by Crippen LogP contribution is 2.30. The number of benzene rings is 3. The average Bonchev–Trinajstić information content (AvgIpc) is 3.47. The van der Waals surface area contributed by atoms with E-state index in [1.807, 2.05) is 59.4 Å². The Morgan fingerprint density at radius 2 is 1.91 bits per heavy atom. The van der Waals surface area contributed by atoms with Gasteiger partial charge in [-0.2, -0.15) is 5.10 Å². The quantitative estimate of drug-likeness (QED) is 0.298. The van der Waals surface area contributed by atoms with E-state index in [4.69, 9.17) is 4.74 Å². The number of anilines is 2. The van der Waals surface area contributed by atoms with E-state index in [2.05, 4.69) is 32.5 Å². The van der Waals surface area contributed by atoms with E-state index in [1.54, 1.807) is 6.07 Å². The number of ketones is 1. The smallest absolute Gasteiger partial charge is 0.215 e. The van der Waals surface area contributed by atoms with Crippen LogP contribution in [0.25, 0.3) is 27.6 Å². The van der Waals surface area contributed by atoms with Crippen molar-refractivity contribution in [1.29, 1.82) is 0 Å². The summed E-state index contributed by atoms with van der Waals surface area (Å²) in [5.74, 6) is 0.611.